The molecule has 0 saturated heterocycles. The van der Waals surface area contributed by atoms with Gasteiger partial charge in [0.05, 0.1) is 0 Å². The molecular formula is C46H34. The lowest BCUT2D eigenvalue weighted by atomic mass is 9.83. The highest BCUT2D eigenvalue weighted by Crippen LogP contribution is 2.46. The van der Waals surface area contributed by atoms with Crippen LogP contribution < -0.4 is 0 Å². The molecule has 0 fully saturated rings. The van der Waals surface area contributed by atoms with Gasteiger partial charge in [0.1, 0.15) is 0 Å². The van der Waals surface area contributed by atoms with E-state index >= 15 is 0 Å². The molecular weight excluding hydrogens is 553 g/mol. The topological polar surface area (TPSA) is 0 Å². The first-order valence-corrected chi connectivity index (χ1v) is 16.0. The second kappa shape index (κ2) is 11.7. The lowest BCUT2D eigenvalue weighted by Gasteiger charge is -2.20. The van der Waals surface area contributed by atoms with Gasteiger partial charge in [0.2, 0.25) is 0 Å². The van der Waals surface area contributed by atoms with Crippen LogP contribution in [0.3, 0.4) is 0 Å². The summed E-state index contributed by atoms with van der Waals surface area (Å²) in [6, 6.07) is 62.4. The molecule has 8 aromatic carbocycles. The Morgan fingerprint density at radius 1 is 0.239 bits per heavy atom. The van der Waals surface area contributed by atoms with Gasteiger partial charge in [-0.15, -0.1) is 0 Å². The molecule has 0 radical (unpaired) electrons. The van der Waals surface area contributed by atoms with Gasteiger partial charge in [-0.05, 0) is 103 Å². The minimum Gasteiger partial charge on any atom is -0.0622 e. The Morgan fingerprint density at radius 3 is 1.00 bits per heavy atom. The van der Waals surface area contributed by atoms with E-state index in [1.807, 2.05) is 0 Å². The Bertz CT molecular complexity index is 2310. The summed E-state index contributed by atoms with van der Waals surface area (Å²) in [7, 11) is 0. The second-order valence-corrected chi connectivity index (χ2v) is 12.3. The van der Waals surface area contributed by atoms with Gasteiger partial charge in [-0.3, -0.25) is 0 Å². The molecule has 0 N–H and O–H groups in total. The van der Waals surface area contributed by atoms with Crippen LogP contribution in [0, 0.1) is 13.8 Å². The van der Waals surface area contributed by atoms with Crippen molar-refractivity contribution < 1.29 is 0 Å². The van der Waals surface area contributed by atoms with Crippen LogP contribution in [0.2, 0.25) is 0 Å². The van der Waals surface area contributed by atoms with Crippen molar-refractivity contribution >= 4 is 21.5 Å². The first-order chi connectivity index (χ1) is 22.6. The molecule has 0 nitrogen and oxygen atoms in total. The molecule has 8 rings (SSSR count). The van der Waals surface area contributed by atoms with Gasteiger partial charge in [-0.25, -0.2) is 0 Å². The third-order valence-corrected chi connectivity index (χ3v) is 9.23. The summed E-state index contributed by atoms with van der Waals surface area (Å²) < 4.78 is 0. The van der Waals surface area contributed by atoms with Gasteiger partial charge < -0.3 is 0 Å². The molecule has 0 aromatic heterocycles. The molecule has 218 valence electrons. The molecule has 0 heteroatoms. The fourth-order valence-electron chi connectivity index (χ4n) is 6.77. The van der Waals surface area contributed by atoms with Crippen molar-refractivity contribution in [3.05, 3.63) is 181 Å². The molecule has 0 amide bonds. The van der Waals surface area contributed by atoms with Crippen LogP contribution >= 0.6 is 0 Å². The molecule has 8 aromatic rings. The monoisotopic (exact) mass is 586 g/mol. The highest BCUT2D eigenvalue weighted by molar-refractivity contribution is 6.22. The van der Waals surface area contributed by atoms with E-state index in [4.69, 9.17) is 0 Å². The fourth-order valence-corrected chi connectivity index (χ4v) is 6.77. The number of benzene rings is 8. The molecule has 0 heterocycles. The second-order valence-electron chi connectivity index (χ2n) is 12.3. The third-order valence-electron chi connectivity index (χ3n) is 9.23. The first-order valence-electron chi connectivity index (χ1n) is 16.0. The highest BCUT2D eigenvalue weighted by Gasteiger charge is 2.18. The van der Waals surface area contributed by atoms with Crippen molar-refractivity contribution in [2.45, 2.75) is 13.8 Å². The zero-order chi connectivity index (χ0) is 31.0. The molecule has 0 aliphatic heterocycles. The van der Waals surface area contributed by atoms with Crippen molar-refractivity contribution in [3.8, 4) is 55.6 Å². The molecule has 0 aliphatic rings. The number of hydrogen-bond acceptors (Lipinski definition) is 0. The van der Waals surface area contributed by atoms with E-state index in [9.17, 15) is 0 Å². The first kappa shape index (κ1) is 27.8. The summed E-state index contributed by atoms with van der Waals surface area (Å²) >= 11 is 0. The van der Waals surface area contributed by atoms with Gasteiger partial charge in [0.15, 0.2) is 0 Å². The predicted molar refractivity (Wildman–Crippen MR) is 198 cm³/mol. The summed E-state index contributed by atoms with van der Waals surface area (Å²) in [4.78, 5) is 0. The normalized spacial score (nSPS) is 11.3. The van der Waals surface area contributed by atoms with E-state index in [1.165, 1.54) is 88.3 Å². The van der Waals surface area contributed by atoms with E-state index < -0.39 is 0 Å². The van der Waals surface area contributed by atoms with E-state index in [0.29, 0.717) is 0 Å². The smallest absolute Gasteiger partial charge is 0.00261 e. The third kappa shape index (κ3) is 5.09. The zero-order valence-electron chi connectivity index (χ0n) is 26.2. The van der Waals surface area contributed by atoms with Crippen molar-refractivity contribution in [1.29, 1.82) is 0 Å². The van der Waals surface area contributed by atoms with Crippen molar-refractivity contribution in [2.24, 2.45) is 0 Å². The lowest BCUT2D eigenvalue weighted by Crippen LogP contribution is -1.93. The van der Waals surface area contributed by atoms with Crippen LogP contribution in [0.15, 0.2) is 170 Å². The average Bonchev–Trinajstić information content (AvgIpc) is 3.11. The summed E-state index contributed by atoms with van der Waals surface area (Å²) in [6.07, 6.45) is 0. The molecule has 0 aliphatic carbocycles. The van der Waals surface area contributed by atoms with Crippen LogP contribution in [0.1, 0.15) is 11.1 Å². The van der Waals surface area contributed by atoms with E-state index in [2.05, 4.69) is 184 Å². The quantitative estimate of drug-likeness (QED) is 0.176. The number of rotatable bonds is 5. The number of fused-ring (bicyclic) bond motifs is 2. The van der Waals surface area contributed by atoms with E-state index in [1.54, 1.807) is 0 Å². The maximum Gasteiger partial charge on any atom is -0.00261 e. The van der Waals surface area contributed by atoms with Crippen LogP contribution in [0.25, 0.3) is 77.2 Å². The largest absolute Gasteiger partial charge is 0.0622 e. The molecule has 0 unspecified atom stereocenters. The number of aryl methyl sites for hydroxylation is 2. The summed E-state index contributed by atoms with van der Waals surface area (Å²) in [5.41, 5.74) is 14.9. The predicted octanol–water partition coefficient (Wildman–Crippen LogP) is 12.9. The Kier molecular flexibility index (Phi) is 7.04. The van der Waals surface area contributed by atoms with Crippen molar-refractivity contribution in [3.63, 3.8) is 0 Å². The SMILES string of the molecule is Cc1ccc(-c2ccc3c(-c4ccc(-c5ccccc5)cc4)c4cc(-c5ccc(C)cc5)ccc4c(-c4ccccc4)c3c2)cc1. The Hall–Kier alpha value is -5.72. The van der Waals surface area contributed by atoms with E-state index in [0.717, 1.165) is 0 Å². The van der Waals surface area contributed by atoms with Crippen LogP contribution in [-0.4, -0.2) is 0 Å². The van der Waals surface area contributed by atoms with Crippen LogP contribution in [-0.2, 0) is 0 Å². The molecule has 0 spiro atoms. The average molecular weight is 587 g/mol. The van der Waals surface area contributed by atoms with Gasteiger partial charge in [-0.1, -0.05) is 169 Å². The summed E-state index contributed by atoms with van der Waals surface area (Å²) in [5, 5.41) is 5.05. The maximum atomic E-state index is 2.40. The van der Waals surface area contributed by atoms with Gasteiger partial charge >= 0.3 is 0 Å². The molecule has 46 heavy (non-hydrogen) atoms. The van der Waals surface area contributed by atoms with Gasteiger partial charge in [0.25, 0.3) is 0 Å². The molecule has 0 saturated carbocycles. The van der Waals surface area contributed by atoms with Crippen LogP contribution in [0.4, 0.5) is 0 Å². The molecule has 0 atom stereocenters. The van der Waals surface area contributed by atoms with E-state index in [-0.39, 0.29) is 0 Å². The zero-order valence-corrected chi connectivity index (χ0v) is 26.2. The fraction of sp³-hybridized carbons (Fsp3) is 0.0435. The minimum atomic E-state index is 1.22. The molecule has 0 bridgehead atoms. The van der Waals surface area contributed by atoms with Gasteiger partial charge in [0, 0.05) is 0 Å². The van der Waals surface area contributed by atoms with Crippen molar-refractivity contribution in [2.75, 3.05) is 0 Å². The minimum absolute atomic E-state index is 1.22. The summed E-state index contributed by atoms with van der Waals surface area (Å²) in [6.45, 7) is 4.29. The lowest BCUT2D eigenvalue weighted by molar-refractivity contribution is 1.47. The summed E-state index contributed by atoms with van der Waals surface area (Å²) in [5.74, 6) is 0. The van der Waals surface area contributed by atoms with Gasteiger partial charge in [-0.2, -0.15) is 0 Å². The Morgan fingerprint density at radius 2 is 0.543 bits per heavy atom. The van der Waals surface area contributed by atoms with Crippen LogP contribution in [0.5, 0.6) is 0 Å². The number of hydrogen-bond donors (Lipinski definition) is 0. The highest BCUT2D eigenvalue weighted by atomic mass is 14.2. The Balaban J connectivity index is 1.45. The Labute approximate surface area is 271 Å². The standard InChI is InChI=1S/C46H34/c1-31-13-17-35(18-14-31)39-26-28-42-43(29-39)45(37-11-7-4-8-12-37)41-27-25-40(36-19-15-32(2)16-20-36)30-44(41)46(42)38-23-21-34(22-24-38)33-9-5-3-6-10-33/h3-30H,1-2H3. The van der Waals surface area contributed by atoms with Crippen molar-refractivity contribution in [1.82, 2.24) is 0 Å². The maximum absolute atomic E-state index is 2.40.